The van der Waals surface area contributed by atoms with Gasteiger partial charge in [0.25, 0.3) is 5.91 Å². The van der Waals surface area contributed by atoms with Gasteiger partial charge in [0.05, 0.1) is 6.20 Å². The van der Waals surface area contributed by atoms with E-state index in [1.165, 1.54) is 6.20 Å². The van der Waals surface area contributed by atoms with E-state index in [2.05, 4.69) is 11.2 Å². The van der Waals surface area contributed by atoms with Gasteiger partial charge in [-0.2, -0.15) is 11.8 Å². The summed E-state index contributed by atoms with van der Waals surface area (Å²) in [6, 6.07) is 7.95. The average Bonchev–Trinajstić information content (AvgIpc) is 2.80. The van der Waals surface area contributed by atoms with Crippen LogP contribution in [-0.2, 0) is 0 Å². The van der Waals surface area contributed by atoms with Crippen LogP contribution in [0.5, 0.6) is 0 Å². The Kier molecular flexibility index (Phi) is 4.74. The Balaban J connectivity index is 1.72. The van der Waals surface area contributed by atoms with Crippen LogP contribution in [0.2, 0.25) is 5.02 Å². The van der Waals surface area contributed by atoms with Crippen molar-refractivity contribution < 1.29 is 9.32 Å². The molecule has 1 atom stereocenters. The first-order chi connectivity index (χ1) is 10.7. The molecule has 116 valence electrons. The standard InChI is InChI=1S/C16H17ClN2O2S/c1-11-13(10-18-21-11)16(20)19-7-6-15(22-9-8-19)12-4-2-3-5-14(12)17/h2-5,10,15H,6-9H2,1H3/t15-/m0/s1. The molecule has 4 nitrogen and oxygen atoms in total. The van der Waals surface area contributed by atoms with Crippen LogP contribution in [0, 0.1) is 6.92 Å². The number of benzene rings is 1. The molecule has 1 aromatic carbocycles. The summed E-state index contributed by atoms with van der Waals surface area (Å²) in [5.74, 6) is 1.47. The van der Waals surface area contributed by atoms with E-state index in [0.717, 1.165) is 29.3 Å². The summed E-state index contributed by atoms with van der Waals surface area (Å²) in [4.78, 5) is 14.4. The minimum absolute atomic E-state index is 0.000779. The molecule has 1 amide bonds. The highest BCUT2D eigenvalue weighted by Crippen LogP contribution is 2.38. The fraction of sp³-hybridized carbons (Fsp3) is 0.375. The molecule has 0 unspecified atom stereocenters. The SMILES string of the molecule is Cc1oncc1C(=O)N1CCS[C@H](c2ccccc2Cl)CC1. The number of carbonyl (C=O) groups is 1. The van der Waals surface area contributed by atoms with E-state index in [9.17, 15) is 4.79 Å². The summed E-state index contributed by atoms with van der Waals surface area (Å²) in [5.41, 5.74) is 1.71. The molecule has 0 aliphatic carbocycles. The summed E-state index contributed by atoms with van der Waals surface area (Å²) >= 11 is 8.15. The lowest BCUT2D eigenvalue weighted by Crippen LogP contribution is -2.33. The smallest absolute Gasteiger partial charge is 0.259 e. The highest BCUT2D eigenvalue weighted by atomic mass is 35.5. The maximum atomic E-state index is 12.5. The van der Waals surface area contributed by atoms with Gasteiger partial charge in [-0.05, 0) is 25.0 Å². The molecule has 1 aliphatic heterocycles. The largest absolute Gasteiger partial charge is 0.361 e. The molecular weight excluding hydrogens is 320 g/mol. The zero-order valence-corrected chi connectivity index (χ0v) is 13.9. The molecule has 1 fully saturated rings. The number of halogens is 1. The normalized spacial score (nSPS) is 19.0. The van der Waals surface area contributed by atoms with Crippen molar-refractivity contribution in [2.24, 2.45) is 0 Å². The van der Waals surface area contributed by atoms with Gasteiger partial charge in [0.2, 0.25) is 0 Å². The maximum absolute atomic E-state index is 12.5. The monoisotopic (exact) mass is 336 g/mol. The molecule has 2 aromatic rings. The van der Waals surface area contributed by atoms with Crippen molar-refractivity contribution in [3.05, 3.63) is 52.4 Å². The summed E-state index contributed by atoms with van der Waals surface area (Å²) in [6.07, 6.45) is 2.39. The van der Waals surface area contributed by atoms with Gasteiger partial charge in [-0.1, -0.05) is 35.0 Å². The predicted octanol–water partition coefficient (Wildman–Crippen LogP) is 3.96. The molecular formula is C16H17ClN2O2S. The van der Waals surface area contributed by atoms with E-state index in [4.69, 9.17) is 16.1 Å². The molecule has 1 aliphatic rings. The number of aryl methyl sites for hydroxylation is 1. The second kappa shape index (κ2) is 6.75. The van der Waals surface area contributed by atoms with Crippen LogP contribution in [0.15, 0.2) is 35.0 Å². The van der Waals surface area contributed by atoms with Crippen LogP contribution in [0.25, 0.3) is 0 Å². The third-order valence-corrected chi connectivity index (χ3v) is 5.52. The lowest BCUT2D eigenvalue weighted by atomic mass is 10.1. The lowest BCUT2D eigenvalue weighted by Gasteiger charge is -2.20. The van der Waals surface area contributed by atoms with E-state index in [-0.39, 0.29) is 5.91 Å². The molecule has 6 heteroatoms. The van der Waals surface area contributed by atoms with Crippen LogP contribution in [-0.4, -0.2) is 34.8 Å². The number of hydrogen-bond acceptors (Lipinski definition) is 4. The van der Waals surface area contributed by atoms with E-state index < -0.39 is 0 Å². The number of amides is 1. The summed E-state index contributed by atoms with van der Waals surface area (Å²) < 4.78 is 4.99. The molecule has 0 N–H and O–H groups in total. The van der Waals surface area contributed by atoms with Gasteiger partial charge in [0, 0.05) is 29.1 Å². The summed E-state index contributed by atoms with van der Waals surface area (Å²) in [7, 11) is 0. The zero-order chi connectivity index (χ0) is 15.5. The molecule has 3 rings (SSSR count). The van der Waals surface area contributed by atoms with Gasteiger partial charge in [0.1, 0.15) is 11.3 Å². The fourth-order valence-electron chi connectivity index (χ4n) is 2.63. The highest BCUT2D eigenvalue weighted by Gasteiger charge is 2.25. The van der Waals surface area contributed by atoms with Crippen LogP contribution in [0.3, 0.4) is 0 Å². The Labute approximate surface area is 138 Å². The van der Waals surface area contributed by atoms with E-state index >= 15 is 0 Å². The Bertz CT molecular complexity index is 674. The summed E-state index contributed by atoms with van der Waals surface area (Å²) in [6.45, 7) is 3.21. The Hall–Kier alpha value is -1.46. The van der Waals surface area contributed by atoms with Crippen molar-refractivity contribution in [1.29, 1.82) is 0 Å². The second-order valence-electron chi connectivity index (χ2n) is 5.26. The topological polar surface area (TPSA) is 46.3 Å². The first kappa shape index (κ1) is 15.4. The van der Waals surface area contributed by atoms with Gasteiger partial charge >= 0.3 is 0 Å². The van der Waals surface area contributed by atoms with Crippen LogP contribution in [0.1, 0.15) is 33.4 Å². The van der Waals surface area contributed by atoms with Gasteiger partial charge < -0.3 is 9.42 Å². The van der Waals surface area contributed by atoms with E-state index in [1.807, 2.05) is 34.9 Å². The number of nitrogens with zero attached hydrogens (tertiary/aromatic N) is 2. The molecule has 2 heterocycles. The molecule has 1 aromatic heterocycles. The van der Waals surface area contributed by atoms with Gasteiger partial charge in [-0.3, -0.25) is 4.79 Å². The number of aromatic nitrogens is 1. The van der Waals surface area contributed by atoms with Crippen molar-refractivity contribution >= 4 is 29.3 Å². The Morgan fingerprint density at radius 2 is 2.23 bits per heavy atom. The maximum Gasteiger partial charge on any atom is 0.259 e. The molecule has 0 saturated carbocycles. The van der Waals surface area contributed by atoms with Crippen LogP contribution >= 0.6 is 23.4 Å². The molecule has 0 radical (unpaired) electrons. The van der Waals surface area contributed by atoms with Crippen molar-refractivity contribution in [3.8, 4) is 0 Å². The number of carbonyl (C=O) groups excluding carboxylic acids is 1. The fourth-order valence-corrected chi connectivity index (χ4v) is 4.23. The minimum atomic E-state index is -0.000779. The van der Waals surface area contributed by atoms with Crippen LogP contribution < -0.4 is 0 Å². The lowest BCUT2D eigenvalue weighted by molar-refractivity contribution is 0.0765. The number of rotatable bonds is 2. The van der Waals surface area contributed by atoms with Gasteiger partial charge in [-0.25, -0.2) is 0 Å². The minimum Gasteiger partial charge on any atom is -0.361 e. The summed E-state index contributed by atoms with van der Waals surface area (Å²) in [5, 5.41) is 4.82. The van der Waals surface area contributed by atoms with Crippen molar-refractivity contribution in [1.82, 2.24) is 10.1 Å². The third-order valence-electron chi connectivity index (χ3n) is 3.86. The van der Waals surface area contributed by atoms with Gasteiger partial charge in [0.15, 0.2) is 0 Å². The average molecular weight is 337 g/mol. The van der Waals surface area contributed by atoms with E-state index in [0.29, 0.717) is 23.1 Å². The van der Waals surface area contributed by atoms with Crippen molar-refractivity contribution in [2.75, 3.05) is 18.8 Å². The number of thioether (sulfide) groups is 1. The van der Waals surface area contributed by atoms with E-state index in [1.54, 1.807) is 6.92 Å². The first-order valence-electron chi connectivity index (χ1n) is 7.23. The second-order valence-corrected chi connectivity index (χ2v) is 6.98. The Morgan fingerprint density at radius 3 is 2.95 bits per heavy atom. The highest BCUT2D eigenvalue weighted by molar-refractivity contribution is 7.99. The quantitative estimate of drug-likeness (QED) is 0.832. The first-order valence-corrected chi connectivity index (χ1v) is 8.66. The van der Waals surface area contributed by atoms with Crippen LogP contribution in [0.4, 0.5) is 0 Å². The third kappa shape index (κ3) is 3.15. The van der Waals surface area contributed by atoms with Crippen molar-refractivity contribution in [2.45, 2.75) is 18.6 Å². The molecule has 22 heavy (non-hydrogen) atoms. The molecule has 0 spiro atoms. The predicted molar refractivity (Wildman–Crippen MR) is 88.4 cm³/mol. The zero-order valence-electron chi connectivity index (χ0n) is 12.3. The molecule has 1 saturated heterocycles. The molecule has 0 bridgehead atoms. The van der Waals surface area contributed by atoms with Crippen molar-refractivity contribution in [3.63, 3.8) is 0 Å². The van der Waals surface area contributed by atoms with Gasteiger partial charge in [-0.15, -0.1) is 0 Å². The Morgan fingerprint density at radius 1 is 1.41 bits per heavy atom. The number of hydrogen-bond donors (Lipinski definition) is 0.